The Labute approximate surface area is 120 Å². The largest absolute Gasteiger partial charge is 0.354 e. The van der Waals surface area contributed by atoms with Gasteiger partial charge in [-0.2, -0.15) is 0 Å². The minimum Gasteiger partial charge on any atom is -0.354 e. The lowest BCUT2D eigenvalue weighted by molar-refractivity contribution is -0.632. The third kappa shape index (κ3) is 5.01. The van der Waals surface area contributed by atoms with Gasteiger partial charge in [0.25, 0.3) is 11.8 Å². The van der Waals surface area contributed by atoms with E-state index in [1.165, 1.54) is 0 Å². The van der Waals surface area contributed by atoms with E-state index in [1.807, 2.05) is 25.1 Å². The van der Waals surface area contributed by atoms with E-state index in [-0.39, 0.29) is 24.9 Å². The van der Waals surface area contributed by atoms with Gasteiger partial charge in [-0.1, -0.05) is 0 Å². The van der Waals surface area contributed by atoms with Gasteiger partial charge in [-0.3, -0.25) is 9.59 Å². The minimum absolute atomic E-state index is 0.0896. The summed E-state index contributed by atoms with van der Waals surface area (Å²) in [6.45, 7) is 2.44. The third-order valence-electron chi connectivity index (χ3n) is 2.40. The first-order chi connectivity index (χ1) is 8.52. The van der Waals surface area contributed by atoms with Crippen LogP contribution in [-0.4, -0.2) is 32.0 Å². The minimum atomic E-state index is -0.108. The summed E-state index contributed by atoms with van der Waals surface area (Å²) in [5, 5.41) is 6.99. The van der Waals surface area contributed by atoms with Crippen LogP contribution in [0.3, 0.4) is 0 Å². The van der Waals surface area contributed by atoms with Gasteiger partial charge in [-0.25, -0.2) is 0 Å². The van der Waals surface area contributed by atoms with Gasteiger partial charge in [0.15, 0.2) is 13.1 Å². The molecule has 0 heterocycles. The summed E-state index contributed by atoms with van der Waals surface area (Å²) in [5.74, 6) is -0.198. The quantitative estimate of drug-likeness (QED) is 0.638. The van der Waals surface area contributed by atoms with Crippen LogP contribution in [0, 0.1) is 10.5 Å². The molecule has 0 fully saturated rings. The van der Waals surface area contributed by atoms with Gasteiger partial charge in [0.1, 0.15) is 0 Å². The molecule has 0 aliphatic carbocycles. The van der Waals surface area contributed by atoms with Crippen molar-refractivity contribution in [2.24, 2.45) is 0 Å². The van der Waals surface area contributed by atoms with E-state index in [1.54, 1.807) is 12.4 Å². The number of anilines is 1. The molecule has 0 bridgehead atoms. The highest BCUT2D eigenvalue weighted by atomic mass is 127. The summed E-state index contributed by atoms with van der Waals surface area (Å²) in [6.07, 6.45) is 0. The first-order valence-corrected chi connectivity index (χ1v) is 6.69. The van der Waals surface area contributed by atoms with Gasteiger partial charge in [-0.15, -0.1) is 0 Å². The highest BCUT2D eigenvalue weighted by Crippen LogP contribution is 2.17. The van der Waals surface area contributed by atoms with Crippen LogP contribution in [0.2, 0.25) is 0 Å². The molecule has 0 unspecified atom stereocenters. The maximum atomic E-state index is 11.6. The van der Waals surface area contributed by atoms with Crippen molar-refractivity contribution < 1.29 is 14.9 Å². The Morgan fingerprint density at radius 2 is 1.94 bits per heavy atom. The number of nitrogens with two attached hydrogens (primary N) is 1. The number of nitrogens with one attached hydrogen (secondary N) is 2. The summed E-state index contributed by atoms with van der Waals surface area (Å²) in [6, 6.07) is 5.83. The molecule has 0 radical (unpaired) electrons. The Balaban J connectivity index is 2.42. The zero-order valence-corrected chi connectivity index (χ0v) is 12.6. The van der Waals surface area contributed by atoms with Gasteiger partial charge >= 0.3 is 0 Å². The van der Waals surface area contributed by atoms with Crippen molar-refractivity contribution in [1.82, 2.24) is 5.32 Å². The monoisotopic (exact) mass is 362 g/mol. The van der Waals surface area contributed by atoms with E-state index < -0.39 is 0 Å². The molecule has 0 spiro atoms. The SMILES string of the molecule is CNC(=O)C[NH2+]CC(=O)Nc1ccc(I)cc1C. The van der Waals surface area contributed by atoms with Gasteiger partial charge in [0.05, 0.1) is 0 Å². The molecule has 0 aliphatic rings. The number of carbonyl (C=O) groups is 2. The number of hydrogen-bond donors (Lipinski definition) is 3. The van der Waals surface area contributed by atoms with Crippen molar-refractivity contribution in [2.75, 3.05) is 25.5 Å². The number of rotatable bonds is 5. The number of likely N-dealkylation sites (N-methyl/N-ethyl adjacent to an activating group) is 1. The molecule has 0 aliphatic heterocycles. The van der Waals surface area contributed by atoms with Crippen LogP contribution in [0.15, 0.2) is 18.2 Å². The second-order valence-electron chi connectivity index (χ2n) is 3.88. The molecule has 2 amide bonds. The van der Waals surface area contributed by atoms with Crippen molar-refractivity contribution in [3.05, 3.63) is 27.3 Å². The van der Waals surface area contributed by atoms with E-state index >= 15 is 0 Å². The van der Waals surface area contributed by atoms with Crippen LogP contribution in [0.4, 0.5) is 5.69 Å². The standard InChI is InChI=1S/C12H16IN3O2/c1-8-5-9(13)3-4-10(8)16-12(18)7-15-6-11(17)14-2/h3-5,15H,6-7H2,1-2H3,(H,14,17)(H,16,18)/p+1. The fourth-order valence-electron chi connectivity index (χ4n) is 1.40. The Kier molecular flexibility index (Phi) is 6.06. The van der Waals surface area contributed by atoms with E-state index in [9.17, 15) is 9.59 Å². The van der Waals surface area contributed by atoms with E-state index in [0.717, 1.165) is 14.8 Å². The summed E-state index contributed by atoms with van der Waals surface area (Å²) >= 11 is 2.23. The molecule has 0 aromatic heterocycles. The Bertz CT molecular complexity index is 449. The van der Waals surface area contributed by atoms with Crippen LogP contribution in [-0.2, 0) is 9.59 Å². The van der Waals surface area contributed by atoms with E-state index in [2.05, 4.69) is 33.2 Å². The number of aryl methyl sites for hydroxylation is 1. The second-order valence-corrected chi connectivity index (χ2v) is 5.12. The molecule has 4 N–H and O–H groups in total. The van der Waals surface area contributed by atoms with Crippen LogP contribution in [0.25, 0.3) is 0 Å². The fraction of sp³-hybridized carbons (Fsp3) is 0.333. The smallest absolute Gasteiger partial charge is 0.279 e. The van der Waals surface area contributed by atoms with E-state index in [0.29, 0.717) is 0 Å². The zero-order valence-electron chi connectivity index (χ0n) is 10.4. The Hall–Kier alpha value is -1.15. The zero-order chi connectivity index (χ0) is 13.5. The maximum Gasteiger partial charge on any atom is 0.279 e. The summed E-state index contributed by atoms with van der Waals surface area (Å²) < 4.78 is 1.13. The van der Waals surface area contributed by atoms with Crippen molar-refractivity contribution in [1.29, 1.82) is 0 Å². The second kappa shape index (κ2) is 7.32. The topological polar surface area (TPSA) is 74.8 Å². The summed E-state index contributed by atoms with van der Waals surface area (Å²) in [5.41, 5.74) is 1.84. The lowest BCUT2D eigenvalue weighted by atomic mass is 10.2. The molecular weight excluding hydrogens is 345 g/mol. The van der Waals surface area contributed by atoms with Crippen LogP contribution in [0.5, 0.6) is 0 Å². The van der Waals surface area contributed by atoms with Gasteiger partial charge in [-0.05, 0) is 53.3 Å². The van der Waals surface area contributed by atoms with Crippen LogP contribution < -0.4 is 16.0 Å². The lowest BCUT2D eigenvalue weighted by Gasteiger charge is -2.08. The van der Waals surface area contributed by atoms with Gasteiger partial charge in [0.2, 0.25) is 0 Å². The molecule has 98 valence electrons. The van der Waals surface area contributed by atoms with Crippen LogP contribution >= 0.6 is 22.6 Å². The average Bonchev–Trinajstić information content (AvgIpc) is 2.32. The summed E-state index contributed by atoms with van der Waals surface area (Å²) in [7, 11) is 1.57. The normalized spacial score (nSPS) is 9.94. The predicted octanol–water partition coefficient (Wildman–Crippen LogP) is -0.152. The first kappa shape index (κ1) is 14.9. The van der Waals surface area contributed by atoms with Crippen molar-refractivity contribution >= 4 is 40.1 Å². The highest BCUT2D eigenvalue weighted by molar-refractivity contribution is 14.1. The van der Waals surface area contributed by atoms with Crippen molar-refractivity contribution in [2.45, 2.75) is 6.92 Å². The van der Waals surface area contributed by atoms with Gasteiger partial charge < -0.3 is 16.0 Å². The Morgan fingerprint density at radius 1 is 1.28 bits per heavy atom. The molecular formula is C12H17IN3O2+. The molecule has 0 atom stereocenters. The maximum absolute atomic E-state index is 11.6. The first-order valence-electron chi connectivity index (χ1n) is 5.61. The molecule has 0 saturated carbocycles. The lowest BCUT2D eigenvalue weighted by Crippen LogP contribution is -2.88. The number of quaternary nitrogens is 1. The van der Waals surface area contributed by atoms with Gasteiger partial charge in [0, 0.05) is 16.3 Å². The molecule has 5 nitrogen and oxygen atoms in total. The molecule has 1 aromatic carbocycles. The van der Waals surface area contributed by atoms with Crippen LogP contribution in [0.1, 0.15) is 5.56 Å². The molecule has 6 heteroatoms. The molecule has 18 heavy (non-hydrogen) atoms. The van der Waals surface area contributed by atoms with E-state index in [4.69, 9.17) is 0 Å². The molecule has 1 aromatic rings. The Morgan fingerprint density at radius 3 is 2.56 bits per heavy atom. The summed E-state index contributed by atoms with van der Waals surface area (Å²) in [4.78, 5) is 22.6. The molecule has 1 rings (SSSR count). The number of carbonyl (C=O) groups excluding carboxylic acids is 2. The number of hydrogen-bond acceptors (Lipinski definition) is 2. The predicted molar refractivity (Wildman–Crippen MR) is 78.3 cm³/mol. The molecule has 0 saturated heterocycles. The van der Waals surface area contributed by atoms with Crippen molar-refractivity contribution in [3.63, 3.8) is 0 Å². The number of benzene rings is 1. The third-order valence-corrected chi connectivity index (χ3v) is 3.07. The highest BCUT2D eigenvalue weighted by Gasteiger charge is 2.08. The van der Waals surface area contributed by atoms with Crippen molar-refractivity contribution in [3.8, 4) is 0 Å². The average molecular weight is 362 g/mol. The number of amides is 2. The number of halogens is 1. The fourth-order valence-corrected chi connectivity index (χ4v) is 2.05.